The molecule has 36 heavy (non-hydrogen) atoms. The maximum absolute atomic E-state index is 13.3. The number of rotatable bonds is 8. The van der Waals surface area contributed by atoms with E-state index in [0.29, 0.717) is 32.5 Å². The molecule has 194 valence electrons. The zero-order valence-electron chi connectivity index (χ0n) is 21.1. The number of methoxy groups -OCH3 is 1. The van der Waals surface area contributed by atoms with E-state index in [9.17, 15) is 14.7 Å². The molecule has 2 amide bonds. The molecule has 2 aliphatic rings. The normalized spacial score (nSPS) is 23.6. The minimum atomic E-state index is -1.18. The van der Waals surface area contributed by atoms with E-state index in [1.165, 1.54) is 7.11 Å². The summed E-state index contributed by atoms with van der Waals surface area (Å²) >= 11 is 0. The number of piperidine rings is 1. The van der Waals surface area contributed by atoms with E-state index in [0.717, 1.165) is 48.8 Å². The Hall–Kier alpha value is -2.97. The summed E-state index contributed by atoms with van der Waals surface area (Å²) in [6.07, 6.45) is 8.17. The molecule has 2 aromatic rings. The maximum Gasteiger partial charge on any atom is 0.406 e. The van der Waals surface area contributed by atoms with Crippen LogP contribution >= 0.6 is 0 Å². The molecule has 8 heteroatoms. The number of nitrogens with two attached hydrogens (primary N) is 1. The summed E-state index contributed by atoms with van der Waals surface area (Å²) in [5.74, 6) is 0.0244. The second kappa shape index (κ2) is 11.8. The summed E-state index contributed by atoms with van der Waals surface area (Å²) in [7, 11) is 1.33. The monoisotopic (exact) mass is 494 g/mol. The number of ether oxygens (including phenoxy) is 1. The van der Waals surface area contributed by atoms with Crippen LogP contribution in [0.5, 0.6) is 0 Å². The number of aromatic nitrogens is 1. The molecular weight excluding hydrogens is 456 g/mol. The van der Waals surface area contributed by atoms with E-state index in [-0.39, 0.29) is 23.8 Å². The number of aliphatic hydroxyl groups is 1. The van der Waals surface area contributed by atoms with Crippen molar-refractivity contribution in [3.05, 3.63) is 54.4 Å². The van der Waals surface area contributed by atoms with Crippen LogP contribution in [0.3, 0.4) is 0 Å². The molecule has 0 bridgehead atoms. The van der Waals surface area contributed by atoms with Crippen LogP contribution in [-0.2, 0) is 15.1 Å². The topological polar surface area (TPSA) is 118 Å². The van der Waals surface area contributed by atoms with Gasteiger partial charge in [-0.2, -0.15) is 0 Å². The van der Waals surface area contributed by atoms with Gasteiger partial charge < -0.3 is 25.8 Å². The SMILES string of the molecule is COC(=O)NCCC[C@@](O)(c1ccccc1-c1ccncc1)[C@@H]1CCCN(C(=O)[C@@H]2CC[C@H](N)C2)C1. The first-order valence-electron chi connectivity index (χ1n) is 13.0. The lowest BCUT2D eigenvalue weighted by Crippen LogP contribution is -2.49. The van der Waals surface area contributed by atoms with Gasteiger partial charge in [-0.15, -0.1) is 0 Å². The van der Waals surface area contributed by atoms with Crippen molar-refractivity contribution in [1.82, 2.24) is 15.2 Å². The Kier molecular flexibility index (Phi) is 8.59. The van der Waals surface area contributed by atoms with Crippen molar-refractivity contribution in [1.29, 1.82) is 0 Å². The molecule has 0 spiro atoms. The van der Waals surface area contributed by atoms with E-state index >= 15 is 0 Å². The van der Waals surface area contributed by atoms with E-state index in [4.69, 9.17) is 5.73 Å². The fourth-order valence-corrected chi connectivity index (χ4v) is 5.89. The lowest BCUT2D eigenvalue weighted by Gasteiger charge is -2.44. The summed E-state index contributed by atoms with van der Waals surface area (Å²) in [4.78, 5) is 31.0. The average Bonchev–Trinajstić information content (AvgIpc) is 3.37. The van der Waals surface area contributed by atoms with Gasteiger partial charge in [0, 0.05) is 49.9 Å². The van der Waals surface area contributed by atoms with Gasteiger partial charge in [0.2, 0.25) is 5.91 Å². The zero-order chi connectivity index (χ0) is 25.5. The number of carbonyl (C=O) groups excluding carboxylic acids is 2. The van der Waals surface area contributed by atoms with Crippen molar-refractivity contribution in [2.45, 2.75) is 56.6 Å². The molecule has 0 radical (unpaired) electrons. The second-order valence-electron chi connectivity index (χ2n) is 10.1. The van der Waals surface area contributed by atoms with Gasteiger partial charge in [-0.05, 0) is 73.8 Å². The highest BCUT2D eigenvalue weighted by Gasteiger charge is 2.43. The van der Waals surface area contributed by atoms with E-state index < -0.39 is 11.7 Å². The van der Waals surface area contributed by atoms with E-state index in [1.54, 1.807) is 12.4 Å². The third-order valence-corrected chi connectivity index (χ3v) is 7.81. The van der Waals surface area contributed by atoms with Gasteiger partial charge >= 0.3 is 6.09 Å². The number of amides is 2. The smallest absolute Gasteiger partial charge is 0.406 e. The van der Waals surface area contributed by atoms with E-state index in [2.05, 4.69) is 15.0 Å². The fraction of sp³-hybridized carbons (Fsp3) is 0.536. The molecule has 8 nitrogen and oxygen atoms in total. The Morgan fingerprint density at radius 3 is 2.69 bits per heavy atom. The van der Waals surface area contributed by atoms with Crippen molar-refractivity contribution in [2.75, 3.05) is 26.7 Å². The average molecular weight is 495 g/mol. The quantitative estimate of drug-likeness (QED) is 0.484. The fourth-order valence-electron chi connectivity index (χ4n) is 5.89. The Bertz CT molecular complexity index is 1030. The number of hydrogen-bond acceptors (Lipinski definition) is 6. The van der Waals surface area contributed by atoms with E-state index in [1.807, 2.05) is 41.3 Å². The number of nitrogens with one attached hydrogen (secondary N) is 1. The minimum absolute atomic E-state index is 0.0137. The van der Waals surface area contributed by atoms with Gasteiger partial charge in [0.1, 0.15) is 0 Å². The number of pyridine rings is 1. The Morgan fingerprint density at radius 1 is 1.19 bits per heavy atom. The molecule has 1 aromatic carbocycles. The lowest BCUT2D eigenvalue weighted by atomic mass is 9.72. The Labute approximate surface area is 213 Å². The first kappa shape index (κ1) is 26.1. The molecule has 4 N–H and O–H groups in total. The third kappa shape index (κ3) is 5.87. The molecule has 2 fully saturated rings. The van der Waals surface area contributed by atoms with Crippen molar-refractivity contribution in [2.24, 2.45) is 17.6 Å². The highest BCUT2D eigenvalue weighted by atomic mass is 16.5. The largest absolute Gasteiger partial charge is 0.453 e. The molecule has 1 aromatic heterocycles. The van der Waals surface area contributed by atoms with Crippen LogP contribution in [0.15, 0.2) is 48.8 Å². The molecule has 4 atom stereocenters. The van der Waals surface area contributed by atoms with Crippen LogP contribution in [0, 0.1) is 11.8 Å². The van der Waals surface area contributed by atoms with Gasteiger partial charge in [-0.1, -0.05) is 24.3 Å². The molecular formula is C28H38N4O4. The van der Waals surface area contributed by atoms with Crippen LogP contribution in [0.25, 0.3) is 11.1 Å². The second-order valence-corrected chi connectivity index (χ2v) is 10.1. The van der Waals surface area contributed by atoms with Crippen LogP contribution < -0.4 is 11.1 Å². The molecule has 1 aliphatic heterocycles. The summed E-state index contributed by atoms with van der Waals surface area (Å²) in [6, 6.07) is 11.9. The minimum Gasteiger partial charge on any atom is -0.453 e. The lowest BCUT2D eigenvalue weighted by molar-refractivity contribution is -0.140. The summed E-state index contributed by atoms with van der Waals surface area (Å²) in [6.45, 7) is 1.62. The number of carbonyl (C=O) groups is 2. The Morgan fingerprint density at radius 2 is 1.97 bits per heavy atom. The molecule has 2 heterocycles. The van der Waals surface area contributed by atoms with Crippen LogP contribution in [-0.4, -0.2) is 59.8 Å². The van der Waals surface area contributed by atoms with Crippen molar-refractivity contribution in [3.8, 4) is 11.1 Å². The molecule has 4 rings (SSSR count). The van der Waals surface area contributed by atoms with Gasteiger partial charge in [0.25, 0.3) is 0 Å². The number of alkyl carbamates (subject to hydrolysis) is 1. The first-order valence-corrected chi connectivity index (χ1v) is 13.0. The Balaban J connectivity index is 1.61. The summed E-state index contributed by atoms with van der Waals surface area (Å²) < 4.78 is 4.69. The number of hydrogen-bond donors (Lipinski definition) is 3. The van der Waals surface area contributed by atoms with Crippen molar-refractivity contribution in [3.63, 3.8) is 0 Å². The highest BCUT2D eigenvalue weighted by Crippen LogP contribution is 2.43. The van der Waals surface area contributed by atoms with Crippen LogP contribution in [0.4, 0.5) is 4.79 Å². The van der Waals surface area contributed by atoms with Gasteiger partial charge in [0.05, 0.1) is 12.7 Å². The third-order valence-electron chi connectivity index (χ3n) is 7.81. The number of likely N-dealkylation sites (tertiary alicyclic amines) is 1. The molecule has 0 unspecified atom stereocenters. The van der Waals surface area contributed by atoms with Crippen LogP contribution in [0.2, 0.25) is 0 Å². The predicted molar refractivity (Wildman–Crippen MR) is 138 cm³/mol. The van der Waals surface area contributed by atoms with Gasteiger partial charge in [-0.25, -0.2) is 4.79 Å². The van der Waals surface area contributed by atoms with Gasteiger partial charge in [0.15, 0.2) is 0 Å². The molecule has 1 saturated carbocycles. The molecule has 1 aliphatic carbocycles. The van der Waals surface area contributed by atoms with Crippen molar-refractivity contribution < 1.29 is 19.4 Å². The summed E-state index contributed by atoms with van der Waals surface area (Å²) in [5.41, 5.74) is 7.68. The number of benzene rings is 1. The first-order chi connectivity index (χ1) is 17.4. The number of nitrogens with zero attached hydrogens (tertiary/aromatic N) is 2. The standard InChI is InChI=1S/C28H38N4O4/c1-36-27(34)31-14-5-13-28(35,25-8-3-2-7-24(25)20-11-15-30-16-12-20)22-6-4-17-32(19-22)26(33)21-9-10-23(29)18-21/h2-3,7-8,11-12,15-16,21-23,35H,4-6,9-10,13-14,17-19,29H2,1H3,(H,31,34)/t21-,22-,23+,28+/m1/s1. The molecule has 1 saturated heterocycles. The maximum atomic E-state index is 13.3. The van der Waals surface area contributed by atoms with Gasteiger partial charge in [-0.3, -0.25) is 9.78 Å². The highest BCUT2D eigenvalue weighted by molar-refractivity contribution is 5.79. The predicted octanol–water partition coefficient (Wildman–Crippen LogP) is 3.44. The summed E-state index contributed by atoms with van der Waals surface area (Å²) in [5, 5.41) is 15.2. The van der Waals surface area contributed by atoms with Crippen molar-refractivity contribution >= 4 is 12.0 Å². The zero-order valence-corrected chi connectivity index (χ0v) is 21.1. The van der Waals surface area contributed by atoms with Crippen LogP contribution in [0.1, 0.15) is 50.5 Å².